The van der Waals surface area contributed by atoms with Gasteiger partial charge in [0.15, 0.2) is 11.0 Å². The zero-order valence-corrected chi connectivity index (χ0v) is 14.6. The van der Waals surface area contributed by atoms with E-state index in [4.69, 9.17) is 4.42 Å². The fourth-order valence-electron chi connectivity index (χ4n) is 2.59. The molecule has 1 aromatic carbocycles. The molecule has 0 spiro atoms. The summed E-state index contributed by atoms with van der Waals surface area (Å²) in [6.07, 6.45) is 3.81. The maximum atomic E-state index is 12.0. The fourth-order valence-corrected chi connectivity index (χ4v) is 3.35. The fraction of sp³-hybridized carbons (Fsp3) is 0.278. The third-order valence-electron chi connectivity index (χ3n) is 4.02. The molecule has 0 atom stereocenters. The minimum Gasteiger partial charge on any atom is -0.469 e. The number of amides is 1. The van der Waals surface area contributed by atoms with Crippen LogP contribution in [0.2, 0.25) is 0 Å². The number of nitrogens with zero attached hydrogens (tertiary/aromatic N) is 3. The summed E-state index contributed by atoms with van der Waals surface area (Å²) in [6.45, 7) is 1.90. The Morgan fingerprint density at radius 1 is 1.28 bits per heavy atom. The van der Waals surface area contributed by atoms with Crippen LogP contribution in [0.25, 0.3) is 17.1 Å². The Balaban J connectivity index is 1.65. The standard InChI is InChI=1S/C18H18N4O2S/c1-12-15(9-10-24-12)17-20-21-18(22(17)14-5-3-2-4-6-14)25-11-16(23)19-13-7-8-13/h2-6,9-10,13H,7-8,11H2,1H3,(H,19,23). The summed E-state index contributed by atoms with van der Waals surface area (Å²) in [7, 11) is 0. The van der Waals surface area contributed by atoms with Crippen LogP contribution >= 0.6 is 11.8 Å². The average molecular weight is 354 g/mol. The quantitative estimate of drug-likeness (QED) is 0.688. The van der Waals surface area contributed by atoms with Gasteiger partial charge in [-0.15, -0.1) is 10.2 Å². The van der Waals surface area contributed by atoms with Gasteiger partial charge in [0.05, 0.1) is 17.6 Å². The second-order valence-electron chi connectivity index (χ2n) is 6.00. The van der Waals surface area contributed by atoms with E-state index in [0.717, 1.165) is 29.9 Å². The highest BCUT2D eigenvalue weighted by Gasteiger charge is 2.24. The van der Waals surface area contributed by atoms with Gasteiger partial charge >= 0.3 is 0 Å². The number of hydrogen-bond donors (Lipinski definition) is 1. The number of carbonyl (C=O) groups is 1. The third kappa shape index (κ3) is 3.46. The van der Waals surface area contributed by atoms with E-state index in [0.29, 0.717) is 22.8 Å². The van der Waals surface area contributed by atoms with Crippen molar-refractivity contribution in [1.29, 1.82) is 0 Å². The lowest BCUT2D eigenvalue weighted by atomic mass is 10.2. The van der Waals surface area contributed by atoms with Gasteiger partial charge in [-0.25, -0.2) is 0 Å². The van der Waals surface area contributed by atoms with Crippen molar-refractivity contribution >= 4 is 17.7 Å². The Hall–Kier alpha value is -2.54. The zero-order valence-electron chi connectivity index (χ0n) is 13.8. The number of nitrogens with one attached hydrogen (secondary N) is 1. The molecule has 3 aromatic rings. The van der Waals surface area contributed by atoms with Gasteiger partial charge < -0.3 is 9.73 Å². The van der Waals surface area contributed by atoms with Crippen molar-refractivity contribution in [1.82, 2.24) is 20.1 Å². The molecule has 0 aliphatic heterocycles. The average Bonchev–Trinajstić information content (AvgIpc) is 3.17. The molecule has 2 heterocycles. The lowest BCUT2D eigenvalue weighted by Gasteiger charge is -2.10. The van der Waals surface area contributed by atoms with Gasteiger partial charge in [0.1, 0.15) is 5.76 Å². The normalized spacial score (nSPS) is 13.8. The van der Waals surface area contributed by atoms with Crippen molar-refractivity contribution in [3.8, 4) is 17.1 Å². The molecule has 2 aromatic heterocycles. The number of aryl methyl sites for hydroxylation is 1. The molecule has 6 nitrogen and oxygen atoms in total. The summed E-state index contributed by atoms with van der Waals surface area (Å²) in [5, 5.41) is 12.3. The molecule has 1 fully saturated rings. The largest absolute Gasteiger partial charge is 0.469 e. The zero-order chi connectivity index (χ0) is 17.2. The molecule has 1 aliphatic rings. The molecule has 0 unspecified atom stereocenters. The first kappa shape index (κ1) is 16.0. The van der Waals surface area contributed by atoms with Gasteiger partial charge in [-0.05, 0) is 38.0 Å². The molecule has 0 radical (unpaired) electrons. The highest BCUT2D eigenvalue weighted by molar-refractivity contribution is 7.99. The minimum absolute atomic E-state index is 0.0381. The maximum absolute atomic E-state index is 12.0. The van der Waals surface area contributed by atoms with E-state index in [9.17, 15) is 4.79 Å². The molecule has 0 bridgehead atoms. The third-order valence-corrected chi connectivity index (χ3v) is 4.95. The summed E-state index contributed by atoms with van der Waals surface area (Å²) < 4.78 is 7.38. The van der Waals surface area contributed by atoms with Crippen LogP contribution in [0.15, 0.2) is 52.2 Å². The van der Waals surface area contributed by atoms with E-state index in [1.807, 2.05) is 47.9 Å². The number of para-hydroxylation sites is 1. The van der Waals surface area contributed by atoms with Crippen LogP contribution in [0.4, 0.5) is 0 Å². The van der Waals surface area contributed by atoms with Gasteiger partial charge in [0, 0.05) is 11.7 Å². The van der Waals surface area contributed by atoms with Crippen LogP contribution in [-0.2, 0) is 4.79 Å². The van der Waals surface area contributed by atoms with E-state index < -0.39 is 0 Å². The molecule has 7 heteroatoms. The number of benzene rings is 1. The number of carbonyl (C=O) groups excluding carboxylic acids is 1. The topological polar surface area (TPSA) is 72.9 Å². The van der Waals surface area contributed by atoms with Gasteiger partial charge in [-0.3, -0.25) is 9.36 Å². The first-order chi connectivity index (χ1) is 12.2. The smallest absolute Gasteiger partial charge is 0.230 e. The highest BCUT2D eigenvalue weighted by atomic mass is 32.2. The summed E-state index contributed by atoms with van der Waals surface area (Å²) in [5.41, 5.74) is 1.85. The molecule has 1 aliphatic carbocycles. The van der Waals surface area contributed by atoms with Crippen molar-refractivity contribution in [2.45, 2.75) is 31.0 Å². The Kier molecular flexibility index (Phi) is 4.31. The van der Waals surface area contributed by atoms with Crippen molar-refractivity contribution in [2.75, 3.05) is 5.75 Å². The van der Waals surface area contributed by atoms with Crippen molar-refractivity contribution < 1.29 is 9.21 Å². The molecule has 128 valence electrons. The Bertz CT molecular complexity index is 884. The van der Waals surface area contributed by atoms with Crippen molar-refractivity contribution in [3.63, 3.8) is 0 Å². The van der Waals surface area contributed by atoms with Gasteiger partial charge in [0.2, 0.25) is 5.91 Å². The second-order valence-corrected chi connectivity index (χ2v) is 6.94. The van der Waals surface area contributed by atoms with Gasteiger partial charge in [0.25, 0.3) is 0 Å². The van der Waals surface area contributed by atoms with Crippen LogP contribution in [-0.4, -0.2) is 32.5 Å². The second kappa shape index (κ2) is 6.76. The molecule has 25 heavy (non-hydrogen) atoms. The van der Waals surface area contributed by atoms with E-state index in [2.05, 4.69) is 15.5 Å². The van der Waals surface area contributed by atoms with Crippen LogP contribution in [0, 0.1) is 6.92 Å². The summed E-state index contributed by atoms with van der Waals surface area (Å²) in [4.78, 5) is 12.0. The van der Waals surface area contributed by atoms with E-state index >= 15 is 0 Å². The predicted octanol–water partition coefficient (Wildman–Crippen LogP) is 3.21. The number of rotatable bonds is 6. The van der Waals surface area contributed by atoms with E-state index in [-0.39, 0.29) is 5.91 Å². The number of aromatic nitrogens is 3. The summed E-state index contributed by atoms with van der Waals surface area (Å²) in [6, 6.07) is 12.1. The first-order valence-electron chi connectivity index (χ1n) is 8.20. The Labute approximate surface area is 149 Å². The van der Waals surface area contributed by atoms with Gasteiger partial charge in [-0.2, -0.15) is 0 Å². The molecule has 4 rings (SSSR count). The van der Waals surface area contributed by atoms with Crippen molar-refractivity contribution in [3.05, 3.63) is 48.4 Å². The number of thioether (sulfide) groups is 1. The van der Waals surface area contributed by atoms with Crippen LogP contribution in [0.1, 0.15) is 18.6 Å². The molecule has 1 saturated carbocycles. The molecule has 1 amide bonds. The SMILES string of the molecule is Cc1occc1-c1nnc(SCC(=O)NC2CC2)n1-c1ccccc1. The monoisotopic (exact) mass is 354 g/mol. The lowest BCUT2D eigenvalue weighted by Crippen LogP contribution is -2.27. The van der Waals surface area contributed by atoms with Crippen molar-refractivity contribution in [2.24, 2.45) is 0 Å². The first-order valence-corrected chi connectivity index (χ1v) is 9.18. The van der Waals surface area contributed by atoms with E-state index in [1.165, 1.54) is 11.8 Å². The number of furan rings is 1. The molecule has 1 N–H and O–H groups in total. The summed E-state index contributed by atoms with van der Waals surface area (Å²) in [5.74, 6) is 1.86. The van der Waals surface area contributed by atoms with Crippen LogP contribution in [0.5, 0.6) is 0 Å². The van der Waals surface area contributed by atoms with Crippen LogP contribution in [0.3, 0.4) is 0 Å². The minimum atomic E-state index is 0.0381. The predicted molar refractivity (Wildman–Crippen MR) is 95.7 cm³/mol. The Morgan fingerprint density at radius 2 is 2.08 bits per heavy atom. The lowest BCUT2D eigenvalue weighted by molar-refractivity contribution is -0.118. The molecule has 0 saturated heterocycles. The number of hydrogen-bond acceptors (Lipinski definition) is 5. The molecular formula is C18H18N4O2S. The van der Waals surface area contributed by atoms with Crippen LogP contribution < -0.4 is 5.32 Å². The summed E-state index contributed by atoms with van der Waals surface area (Å²) >= 11 is 1.39. The molecular weight excluding hydrogens is 336 g/mol. The van der Waals surface area contributed by atoms with Gasteiger partial charge in [-0.1, -0.05) is 30.0 Å². The van der Waals surface area contributed by atoms with E-state index in [1.54, 1.807) is 6.26 Å². The Morgan fingerprint density at radius 3 is 2.76 bits per heavy atom. The highest BCUT2D eigenvalue weighted by Crippen LogP contribution is 2.30. The maximum Gasteiger partial charge on any atom is 0.230 e.